The number of nitrogens with zero attached hydrogens (tertiary/aromatic N) is 2. The van der Waals surface area contributed by atoms with E-state index in [1.54, 1.807) is 0 Å². The van der Waals surface area contributed by atoms with E-state index in [-0.39, 0.29) is 34.8 Å². The van der Waals surface area contributed by atoms with Crippen molar-refractivity contribution in [3.63, 3.8) is 0 Å². The summed E-state index contributed by atoms with van der Waals surface area (Å²) in [7, 11) is 0. The highest BCUT2D eigenvalue weighted by Crippen LogP contribution is 2.53. The first-order valence-corrected chi connectivity index (χ1v) is 8.81. The third kappa shape index (κ3) is 2.93. The van der Waals surface area contributed by atoms with Crippen LogP contribution in [0.25, 0.3) is 0 Å². The molecule has 0 spiro atoms. The summed E-state index contributed by atoms with van der Waals surface area (Å²) in [4.78, 5) is 24.1. The van der Waals surface area contributed by atoms with Crippen LogP contribution in [0.5, 0.6) is 0 Å². The van der Waals surface area contributed by atoms with Crippen molar-refractivity contribution in [2.24, 2.45) is 0 Å². The molecule has 6 nitrogen and oxygen atoms in total. The summed E-state index contributed by atoms with van der Waals surface area (Å²) < 4.78 is 5.33. The van der Waals surface area contributed by atoms with Crippen LogP contribution in [-0.4, -0.2) is 15.9 Å². The fourth-order valence-electron chi connectivity index (χ4n) is 4.15. The molecule has 0 aliphatic heterocycles. The highest BCUT2D eigenvalue weighted by Gasteiger charge is 2.49. The standard InChI is InChI=1S/C21H18N2O4/c1-13-20(23(25)26)21(27-22-13)19-17(24)12-16(14-8-4-2-5-9-14)18(19)15-10-6-3-7-11-15/h2-11,16,18-19H,12H2,1H3/t16-,18-,19-/m1/s1. The van der Waals surface area contributed by atoms with Gasteiger partial charge in [0.2, 0.25) is 5.76 Å². The van der Waals surface area contributed by atoms with Crippen LogP contribution in [0.4, 0.5) is 5.69 Å². The predicted molar refractivity (Wildman–Crippen MR) is 98.6 cm³/mol. The molecular weight excluding hydrogens is 344 g/mol. The van der Waals surface area contributed by atoms with Gasteiger partial charge in [0, 0.05) is 12.3 Å². The molecule has 1 fully saturated rings. The van der Waals surface area contributed by atoms with E-state index in [2.05, 4.69) is 5.16 Å². The quantitative estimate of drug-likeness (QED) is 0.503. The molecule has 3 atom stereocenters. The molecule has 4 rings (SSSR count). The molecule has 0 bridgehead atoms. The Morgan fingerprint density at radius 2 is 1.63 bits per heavy atom. The van der Waals surface area contributed by atoms with Crippen LogP contribution in [0, 0.1) is 17.0 Å². The molecule has 0 radical (unpaired) electrons. The lowest BCUT2D eigenvalue weighted by Crippen LogP contribution is -2.14. The van der Waals surface area contributed by atoms with Gasteiger partial charge in [-0.05, 0) is 24.0 Å². The average molecular weight is 362 g/mol. The molecular formula is C21H18N2O4. The van der Waals surface area contributed by atoms with Gasteiger partial charge in [0.25, 0.3) is 0 Å². The number of carbonyl (C=O) groups is 1. The Labute approximate surface area is 156 Å². The Hall–Kier alpha value is -3.28. The monoisotopic (exact) mass is 362 g/mol. The van der Waals surface area contributed by atoms with Crippen molar-refractivity contribution in [3.05, 3.63) is 93.4 Å². The van der Waals surface area contributed by atoms with Crippen molar-refractivity contribution in [1.29, 1.82) is 0 Å². The largest absolute Gasteiger partial charge is 0.353 e. The average Bonchev–Trinajstić information content (AvgIpc) is 3.22. The SMILES string of the molecule is Cc1noc([C@@H]2C(=O)C[C@H](c3ccccc3)[C@H]2c2ccccc2)c1[N+](=O)[O-]. The van der Waals surface area contributed by atoms with Gasteiger partial charge in [-0.25, -0.2) is 0 Å². The van der Waals surface area contributed by atoms with Gasteiger partial charge in [0.1, 0.15) is 5.78 Å². The topological polar surface area (TPSA) is 86.2 Å². The number of hydrogen-bond acceptors (Lipinski definition) is 5. The van der Waals surface area contributed by atoms with Crippen LogP contribution in [-0.2, 0) is 4.79 Å². The van der Waals surface area contributed by atoms with Gasteiger partial charge in [-0.1, -0.05) is 65.8 Å². The van der Waals surface area contributed by atoms with Crippen LogP contribution >= 0.6 is 0 Å². The summed E-state index contributed by atoms with van der Waals surface area (Å²) in [5.74, 6) is -1.03. The Morgan fingerprint density at radius 3 is 2.22 bits per heavy atom. The molecule has 1 heterocycles. The zero-order valence-corrected chi connectivity index (χ0v) is 14.7. The summed E-state index contributed by atoms with van der Waals surface area (Å²) in [5, 5.41) is 15.3. The number of hydrogen-bond donors (Lipinski definition) is 0. The van der Waals surface area contributed by atoms with Crippen LogP contribution < -0.4 is 0 Å². The molecule has 27 heavy (non-hydrogen) atoms. The highest BCUT2D eigenvalue weighted by molar-refractivity contribution is 5.91. The van der Waals surface area contributed by atoms with Gasteiger partial charge < -0.3 is 4.52 Å². The molecule has 1 aliphatic rings. The minimum Gasteiger partial charge on any atom is -0.353 e. The van der Waals surface area contributed by atoms with Crippen molar-refractivity contribution in [2.45, 2.75) is 31.1 Å². The fraction of sp³-hybridized carbons (Fsp3) is 0.238. The number of carbonyl (C=O) groups excluding carboxylic acids is 1. The normalized spacial score (nSPS) is 22.1. The molecule has 136 valence electrons. The van der Waals surface area contributed by atoms with Crippen molar-refractivity contribution in [2.75, 3.05) is 0 Å². The smallest absolute Gasteiger partial charge is 0.335 e. The molecule has 1 aliphatic carbocycles. The maximum atomic E-state index is 13.0. The predicted octanol–water partition coefficient (Wildman–Crippen LogP) is 4.52. The van der Waals surface area contributed by atoms with Crippen molar-refractivity contribution < 1.29 is 14.2 Å². The minimum atomic E-state index is -0.723. The van der Waals surface area contributed by atoms with Crippen molar-refractivity contribution in [1.82, 2.24) is 5.16 Å². The molecule has 0 saturated heterocycles. The van der Waals surface area contributed by atoms with Gasteiger partial charge in [-0.3, -0.25) is 14.9 Å². The van der Waals surface area contributed by atoms with Crippen LogP contribution in [0.15, 0.2) is 65.2 Å². The third-order valence-electron chi connectivity index (χ3n) is 5.29. The maximum absolute atomic E-state index is 13.0. The fourth-order valence-corrected chi connectivity index (χ4v) is 4.15. The van der Waals surface area contributed by atoms with E-state index in [4.69, 9.17) is 4.52 Å². The van der Waals surface area contributed by atoms with Gasteiger partial charge >= 0.3 is 5.69 Å². The summed E-state index contributed by atoms with van der Waals surface area (Å²) >= 11 is 0. The van der Waals surface area contributed by atoms with Gasteiger partial charge in [-0.2, -0.15) is 0 Å². The van der Waals surface area contributed by atoms with Gasteiger partial charge in [0.05, 0.1) is 10.8 Å². The second kappa shape index (κ2) is 6.79. The summed E-state index contributed by atoms with van der Waals surface area (Å²) in [6.07, 6.45) is 0.311. The lowest BCUT2D eigenvalue weighted by molar-refractivity contribution is -0.386. The zero-order chi connectivity index (χ0) is 19.0. The van der Waals surface area contributed by atoms with E-state index < -0.39 is 10.8 Å². The number of rotatable bonds is 4. The lowest BCUT2D eigenvalue weighted by Gasteiger charge is -2.23. The molecule has 0 N–H and O–H groups in total. The number of ketones is 1. The van der Waals surface area contributed by atoms with E-state index in [1.807, 2.05) is 60.7 Å². The first kappa shape index (κ1) is 17.1. The maximum Gasteiger partial charge on any atom is 0.335 e. The lowest BCUT2D eigenvalue weighted by atomic mass is 9.79. The van der Waals surface area contributed by atoms with Crippen LogP contribution in [0.2, 0.25) is 0 Å². The van der Waals surface area contributed by atoms with E-state index in [9.17, 15) is 14.9 Å². The van der Waals surface area contributed by atoms with E-state index >= 15 is 0 Å². The number of benzene rings is 2. The Bertz CT molecular complexity index is 982. The highest BCUT2D eigenvalue weighted by atomic mass is 16.6. The Balaban J connectivity index is 1.88. The zero-order valence-electron chi connectivity index (χ0n) is 14.7. The Kier molecular flexibility index (Phi) is 4.32. The molecule has 0 unspecified atom stereocenters. The first-order valence-electron chi connectivity index (χ1n) is 8.81. The summed E-state index contributed by atoms with van der Waals surface area (Å²) in [6.45, 7) is 1.52. The first-order chi connectivity index (χ1) is 13.1. The second-order valence-corrected chi connectivity index (χ2v) is 6.84. The number of Topliss-reactive ketones (excluding diaryl/α,β-unsaturated/α-hetero) is 1. The minimum absolute atomic E-state index is 0.0584. The molecule has 0 amide bonds. The number of aromatic nitrogens is 1. The molecule has 1 saturated carbocycles. The Morgan fingerprint density at radius 1 is 1.04 bits per heavy atom. The summed E-state index contributed by atoms with van der Waals surface area (Å²) in [5.41, 5.74) is 2.01. The van der Waals surface area contributed by atoms with Crippen LogP contribution in [0.1, 0.15) is 46.8 Å². The third-order valence-corrected chi connectivity index (χ3v) is 5.29. The molecule has 2 aromatic carbocycles. The van der Waals surface area contributed by atoms with E-state index in [0.29, 0.717) is 6.42 Å². The van der Waals surface area contributed by atoms with E-state index in [0.717, 1.165) is 11.1 Å². The van der Waals surface area contributed by atoms with E-state index in [1.165, 1.54) is 6.92 Å². The van der Waals surface area contributed by atoms with Crippen molar-refractivity contribution in [3.8, 4) is 0 Å². The van der Waals surface area contributed by atoms with Gasteiger partial charge in [0.15, 0.2) is 5.69 Å². The molecule has 6 heteroatoms. The van der Waals surface area contributed by atoms with Crippen LogP contribution in [0.3, 0.4) is 0 Å². The molecule has 3 aromatic rings. The van der Waals surface area contributed by atoms with Gasteiger partial charge in [-0.15, -0.1) is 0 Å². The molecule has 1 aromatic heterocycles. The second-order valence-electron chi connectivity index (χ2n) is 6.84. The van der Waals surface area contributed by atoms with Crippen molar-refractivity contribution >= 4 is 11.5 Å². The number of aryl methyl sites for hydroxylation is 1. The summed E-state index contributed by atoms with van der Waals surface area (Å²) in [6, 6.07) is 19.5. The number of nitro groups is 1.